The summed E-state index contributed by atoms with van der Waals surface area (Å²) in [5.41, 5.74) is 3.40. The Balaban J connectivity index is 1.46. The van der Waals surface area contributed by atoms with Crippen LogP contribution in [0, 0.1) is 6.92 Å². The first-order chi connectivity index (χ1) is 13.6. The zero-order chi connectivity index (χ0) is 19.5. The molecule has 1 aliphatic rings. The highest BCUT2D eigenvalue weighted by atomic mass is 16.6. The molecule has 0 saturated carbocycles. The highest BCUT2D eigenvalue weighted by molar-refractivity contribution is 6.03. The van der Waals surface area contributed by atoms with E-state index in [2.05, 4.69) is 30.6 Å². The number of rotatable bonds is 6. The second-order valence-electron chi connectivity index (χ2n) is 6.94. The van der Waals surface area contributed by atoms with Crippen LogP contribution >= 0.6 is 0 Å². The number of nitrogens with zero attached hydrogens (tertiary/aromatic N) is 6. The molecule has 1 saturated heterocycles. The van der Waals surface area contributed by atoms with Gasteiger partial charge in [0.05, 0.1) is 6.04 Å². The molecule has 0 spiro atoms. The predicted octanol–water partition coefficient (Wildman–Crippen LogP) is 2.58. The monoisotopic (exact) mass is 381 g/mol. The van der Waals surface area contributed by atoms with Crippen LogP contribution in [0.1, 0.15) is 53.1 Å². The van der Waals surface area contributed by atoms with Crippen LogP contribution in [-0.2, 0) is 13.1 Å². The van der Waals surface area contributed by atoms with Gasteiger partial charge in [0.25, 0.3) is 5.91 Å². The number of benzene rings is 1. The summed E-state index contributed by atoms with van der Waals surface area (Å²) >= 11 is 0. The normalized spacial score (nSPS) is 17.1. The van der Waals surface area contributed by atoms with E-state index in [0.29, 0.717) is 18.1 Å². The summed E-state index contributed by atoms with van der Waals surface area (Å²) in [6, 6.07) is 7.84. The van der Waals surface area contributed by atoms with E-state index in [-0.39, 0.29) is 11.9 Å². The molecule has 9 heteroatoms. The number of carbonyl (C=O) groups is 1. The number of hydrogen-bond acceptors (Lipinski definition) is 7. The SMILES string of the molecule is CCn1cnc(NC(=O)c2cccc(CN3CCC[C@@H]3c3nonc3C)c2)n1. The van der Waals surface area contributed by atoms with Crippen molar-refractivity contribution in [3.8, 4) is 0 Å². The van der Waals surface area contributed by atoms with Crippen LogP contribution in [0.15, 0.2) is 35.2 Å². The second kappa shape index (κ2) is 7.89. The highest BCUT2D eigenvalue weighted by Gasteiger charge is 2.30. The molecule has 4 rings (SSSR count). The first-order valence-electron chi connectivity index (χ1n) is 9.47. The Bertz CT molecular complexity index is 965. The topological polar surface area (TPSA) is 102 Å². The van der Waals surface area contributed by atoms with Crippen LogP contribution < -0.4 is 5.32 Å². The van der Waals surface area contributed by atoms with E-state index in [1.54, 1.807) is 17.1 Å². The van der Waals surface area contributed by atoms with Crippen molar-refractivity contribution in [2.45, 2.75) is 45.8 Å². The van der Waals surface area contributed by atoms with Gasteiger partial charge in [0.2, 0.25) is 5.95 Å². The molecule has 0 radical (unpaired) electrons. The molecule has 1 N–H and O–H groups in total. The summed E-state index contributed by atoms with van der Waals surface area (Å²) in [6.45, 7) is 6.30. The van der Waals surface area contributed by atoms with E-state index in [1.165, 1.54) is 0 Å². The number of carbonyl (C=O) groups excluding carboxylic acids is 1. The quantitative estimate of drug-likeness (QED) is 0.700. The molecular weight excluding hydrogens is 358 g/mol. The number of amides is 1. The Morgan fingerprint density at radius 1 is 1.36 bits per heavy atom. The van der Waals surface area contributed by atoms with Crippen LogP contribution in [0.3, 0.4) is 0 Å². The molecule has 146 valence electrons. The number of hydrogen-bond donors (Lipinski definition) is 1. The van der Waals surface area contributed by atoms with E-state index >= 15 is 0 Å². The molecule has 0 aliphatic carbocycles. The van der Waals surface area contributed by atoms with Crippen LogP contribution in [0.5, 0.6) is 0 Å². The van der Waals surface area contributed by atoms with Crippen molar-refractivity contribution in [2.75, 3.05) is 11.9 Å². The largest absolute Gasteiger partial charge is 0.290 e. The molecule has 9 nitrogen and oxygen atoms in total. The molecule has 3 heterocycles. The summed E-state index contributed by atoms with van der Waals surface area (Å²) in [6.07, 6.45) is 3.73. The Morgan fingerprint density at radius 3 is 3.00 bits per heavy atom. The summed E-state index contributed by atoms with van der Waals surface area (Å²) < 4.78 is 6.55. The van der Waals surface area contributed by atoms with Gasteiger partial charge in [-0.1, -0.05) is 22.4 Å². The summed E-state index contributed by atoms with van der Waals surface area (Å²) in [7, 11) is 0. The molecule has 0 unspecified atom stereocenters. The van der Waals surface area contributed by atoms with Crippen LogP contribution in [0.2, 0.25) is 0 Å². The number of nitrogens with one attached hydrogen (secondary N) is 1. The summed E-state index contributed by atoms with van der Waals surface area (Å²) in [5, 5.41) is 14.9. The van der Waals surface area contributed by atoms with Crippen molar-refractivity contribution < 1.29 is 9.42 Å². The van der Waals surface area contributed by atoms with E-state index in [0.717, 1.165) is 42.9 Å². The average Bonchev–Trinajstić information content (AvgIpc) is 3.43. The molecule has 1 atom stereocenters. The average molecular weight is 381 g/mol. The fourth-order valence-electron chi connectivity index (χ4n) is 3.59. The number of aromatic nitrogens is 5. The first kappa shape index (κ1) is 18.3. The van der Waals surface area contributed by atoms with Crippen molar-refractivity contribution in [3.63, 3.8) is 0 Å². The van der Waals surface area contributed by atoms with E-state index in [1.807, 2.05) is 32.0 Å². The van der Waals surface area contributed by atoms with Crippen molar-refractivity contribution in [3.05, 3.63) is 53.1 Å². The standard InChI is InChI=1S/C19H23N7O2/c1-3-26-12-20-19(22-26)21-18(27)15-7-4-6-14(10-15)11-25-9-5-8-16(25)17-13(2)23-28-24-17/h4,6-7,10,12,16H,3,5,8-9,11H2,1-2H3,(H,21,22,27)/t16-/m1/s1. The third kappa shape index (κ3) is 3.79. The smallest absolute Gasteiger partial charge is 0.258 e. The maximum absolute atomic E-state index is 12.6. The van der Waals surface area contributed by atoms with Gasteiger partial charge in [-0.2, -0.15) is 0 Å². The highest BCUT2D eigenvalue weighted by Crippen LogP contribution is 2.33. The zero-order valence-electron chi connectivity index (χ0n) is 16.0. The zero-order valence-corrected chi connectivity index (χ0v) is 16.0. The minimum Gasteiger partial charge on any atom is -0.290 e. The lowest BCUT2D eigenvalue weighted by molar-refractivity contribution is 0.102. The molecule has 28 heavy (non-hydrogen) atoms. The lowest BCUT2D eigenvalue weighted by Crippen LogP contribution is -2.24. The van der Waals surface area contributed by atoms with Gasteiger partial charge < -0.3 is 0 Å². The molecule has 2 aromatic heterocycles. The third-order valence-corrected chi connectivity index (χ3v) is 5.03. The van der Waals surface area contributed by atoms with E-state index < -0.39 is 0 Å². The Kier molecular flexibility index (Phi) is 5.16. The molecule has 1 aliphatic heterocycles. The molecule has 1 aromatic carbocycles. The van der Waals surface area contributed by atoms with Crippen LogP contribution in [-0.4, -0.2) is 42.4 Å². The Morgan fingerprint density at radius 2 is 2.25 bits per heavy atom. The lowest BCUT2D eigenvalue weighted by atomic mass is 10.1. The Labute approximate surface area is 162 Å². The second-order valence-corrected chi connectivity index (χ2v) is 6.94. The van der Waals surface area contributed by atoms with Crippen molar-refractivity contribution in [2.24, 2.45) is 0 Å². The first-order valence-corrected chi connectivity index (χ1v) is 9.47. The van der Waals surface area contributed by atoms with Gasteiger partial charge in [0, 0.05) is 18.7 Å². The third-order valence-electron chi connectivity index (χ3n) is 5.03. The van der Waals surface area contributed by atoms with E-state index in [4.69, 9.17) is 4.63 Å². The molecule has 1 fully saturated rings. The van der Waals surface area contributed by atoms with Crippen molar-refractivity contribution in [1.82, 2.24) is 30.0 Å². The minimum atomic E-state index is -0.217. The molecule has 3 aromatic rings. The maximum Gasteiger partial charge on any atom is 0.258 e. The number of likely N-dealkylation sites (tertiary alicyclic amines) is 1. The van der Waals surface area contributed by atoms with Gasteiger partial charge >= 0.3 is 0 Å². The number of aryl methyl sites for hydroxylation is 2. The van der Waals surface area contributed by atoms with Crippen molar-refractivity contribution >= 4 is 11.9 Å². The number of anilines is 1. The van der Waals surface area contributed by atoms with E-state index in [9.17, 15) is 4.79 Å². The van der Waals surface area contributed by atoms with Gasteiger partial charge in [-0.15, -0.1) is 5.10 Å². The van der Waals surface area contributed by atoms with Crippen LogP contribution in [0.25, 0.3) is 0 Å². The minimum absolute atomic E-state index is 0.200. The fourth-order valence-corrected chi connectivity index (χ4v) is 3.59. The van der Waals surface area contributed by atoms with Crippen molar-refractivity contribution in [1.29, 1.82) is 0 Å². The summed E-state index contributed by atoms with van der Waals surface area (Å²) in [4.78, 5) is 19.0. The van der Waals surface area contributed by atoms with Gasteiger partial charge in [0.1, 0.15) is 17.7 Å². The molecule has 1 amide bonds. The predicted molar refractivity (Wildman–Crippen MR) is 102 cm³/mol. The Hall–Kier alpha value is -3.07. The fraction of sp³-hybridized carbons (Fsp3) is 0.421. The molecule has 0 bridgehead atoms. The van der Waals surface area contributed by atoms with Gasteiger partial charge in [-0.25, -0.2) is 9.61 Å². The lowest BCUT2D eigenvalue weighted by Gasteiger charge is -2.23. The van der Waals surface area contributed by atoms with Gasteiger partial charge in [-0.3, -0.25) is 19.7 Å². The molecular formula is C19H23N7O2. The van der Waals surface area contributed by atoms with Gasteiger partial charge in [-0.05, 0) is 50.9 Å². The van der Waals surface area contributed by atoms with Gasteiger partial charge in [0.15, 0.2) is 0 Å². The van der Waals surface area contributed by atoms with Crippen LogP contribution in [0.4, 0.5) is 5.95 Å². The maximum atomic E-state index is 12.6. The summed E-state index contributed by atoms with van der Waals surface area (Å²) in [5.74, 6) is 0.0936.